The Hall–Kier alpha value is -4.08. The third-order valence-electron chi connectivity index (χ3n) is 3.63. The van der Waals surface area contributed by atoms with E-state index < -0.39 is 36.1 Å². The van der Waals surface area contributed by atoms with Gasteiger partial charge in [-0.25, -0.2) is 19.2 Å². The van der Waals surface area contributed by atoms with E-state index in [2.05, 4.69) is 0 Å². The molecule has 0 bridgehead atoms. The van der Waals surface area contributed by atoms with Crippen molar-refractivity contribution in [1.29, 1.82) is 0 Å². The van der Waals surface area contributed by atoms with Crippen LogP contribution in [0.1, 0.15) is 20.7 Å². The molecule has 4 N–H and O–H groups in total. The van der Waals surface area contributed by atoms with E-state index in [0.29, 0.717) is 0 Å². The van der Waals surface area contributed by atoms with Gasteiger partial charge in [0.2, 0.25) is 0 Å². The van der Waals surface area contributed by atoms with Gasteiger partial charge in [-0.2, -0.15) is 0 Å². The van der Waals surface area contributed by atoms with Crippen LogP contribution in [0, 0.1) is 0 Å². The number of carbonyl (C=O) groups is 4. The van der Waals surface area contributed by atoms with Crippen LogP contribution in [0.2, 0.25) is 0 Å². The number of rotatable bonds is 9. The quantitative estimate of drug-likeness (QED) is 0.460. The van der Waals surface area contributed by atoms with Crippen LogP contribution in [-0.2, 0) is 9.59 Å². The molecule has 28 heavy (non-hydrogen) atoms. The number of hydrogen-bond donors (Lipinski definition) is 4. The molecule has 0 saturated carbocycles. The summed E-state index contributed by atoms with van der Waals surface area (Å²) in [6.07, 6.45) is 0. The van der Waals surface area contributed by atoms with Crippen LogP contribution in [0.3, 0.4) is 0 Å². The molecule has 2 aromatic rings. The average Bonchev–Trinajstić information content (AvgIpc) is 2.65. The van der Waals surface area contributed by atoms with Gasteiger partial charge in [0.25, 0.3) is 0 Å². The number of ether oxygens (including phenoxy) is 2. The molecule has 2 rings (SSSR count). The van der Waals surface area contributed by atoms with E-state index in [0.717, 1.165) is 24.3 Å². The molecule has 0 unspecified atom stereocenters. The minimum absolute atomic E-state index is 0.0294. The Balaban J connectivity index is 2.25. The zero-order valence-electron chi connectivity index (χ0n) is 14.1. The van der Waals surface area contributed by atoms with Crippen LogP contribution in [-0.4, -0.2) is 56.5 Å². The molecule has 0 radical (unpaired) electrons. The van der Waals surface area contributed by atoms with Gasteiger partial charge in [0.15, 0.2) is 6.61 Å². The van der Waals surface area contributed by atoms with E-state index in [9.17, 15) is 29.4 Å². The lowest BCUT2D eigenvalue weighted by Gasteiger charge is -2.26. The maximum absolute atomic E-state index is 11.6. The van der Waals surface area contributed by atoms with E-state index in [-0.39, 0.29) is 22.6 Å². The van der Waals surface area contributed by atoms with Crippen molar-refractivity contribution in [3.63, 3.8) is 0 Å². The van der Waals surface area contributed by atoms with Crippen LogP contribution in [0.5, 0.6) is 11.5 Å². The van der Waals surface area contributed by atoms with Crippen molar-refractivity contribution in [2.45, 2.75) is 5.60 Å². The second-order valence-electron chi connectivity index (χ2n) is 5.49. The molecule has 0 amide bonds. The fraction of sp³-hybridized carbons (Fsp3) is 0.111. The Kier molecular flexibility index (Phi) is 5.84. The second-order valence-corrected chi connectivity index (χ2v) is 5.49. The van der Waals surface area contributed by atoms with Crippen molar-refractivity contribution in [2.75, 3.05) is 6.61 Å². The summed E-state index contributed by atoms with van der Waals surface area (Å²) in [7, 11) is 0. The third kappa shape index (κ3) is 4.36. The zero-order chi connectivity index (χ0) is 20.9. The Labute approximate surface area is 157 Å². The molecule has 0 aliphatic heterocycles. The first-order valence-electron chi connectivity index (χ1n) is 7.61. The molecule has 10 nitrogen and oxygen atoms in total. The molecule has 0 saturated heterocycles. The highest BCUT2D eigenvalue weighted by Gasteiger charge is 2.51. The lowest BCUT2D eigenvalue weighted by Crippen LogP contribution is -2.56. The first-order valence-corrected chi connectivity index (χ1v) is 7.61. The largest absolute Gasteiger partial charge is 0.488 e. The van der Waals surface area contributed by atoms with Gasteiger partial charge in [-0.05, 0) is 48.5 Å². The van der Waals surface area contributed by atoms with Crippen LogP contribution in [0.25, 0.3) is 0 Å². The van der Waals surface area contributed by atoms with Crippen LogP contribution in [0.4, 0.5) is 0 Å². The SMILES string of the molecule is O=C(O)c1ccc(OCC(Oc2ccc(C(=O)O)cc2)(C(=O)O)C(=O)O)cc1. The first kappa shape index (κ1) is 20.2. The molecule has 0 spiro atoms. The lowest BCUT2D eigenvalue weighted by atomic mass is 10.1. The third-order valence-corrected chi connectivity index (χ3v) is 3.63. The summed E-state index contributed by atoms with van der Waals surface area (Å²) in [6.45, 7) is -0.940. The zero-order valence-corrected chi connectivity index (χ0v) is 14.1. The fourth-order valence-corrected chi connectivity index (χ4v) is 2.08. The Morgan fingerprint density at radius 1 is 0.679 bits per heavy atom. The topological polar surface area (TPSA) is 168 Å². The predicted octanol–water partition coefficient (Wildman–Crippen LogP) is 1.45. The molecule has 0 aliphatic carbocycles. The van der Waals surface area contributed by atoms with Crippen molar-refractivity contribution in [3.05, 3.63) is 59.7 Å². The first-order chi connectivity index (χ1) is 13.2. The molecule has 2 aromatic carbocycles. The van der Waals surface area contributed by atoms with E-state index in [1.807, 2.05) is 0 Å². The van der Waals surface area contributed by atoms with Gasteiger partial charge in [0, 0.05) is 0 Å². The minimum atomic E-state index is -2.82. The number of aliphatic carboxylic acids is 2. The number of carboxylic acids is 4. The maximum atomic E-state index is 11.6. The lowest BCUT2D eigenvalue weighted by molar-refractivity contribution is -0.175. The number of aromatic carboxylic acids is 2. The van der Waals surface area contributed by atoms with Crippen LogP contribution >= 0.6 is 0 Å². The van der Waals surface area contributed by atoms with E-state index in [1.54, 1.807) is 0 Å². The van der Waals surface area contributed by atoms with E-state index >= 15 is 0 Å². The normalized spacial score (nSPS) is 10.7. The fourth-order valence-electron chi connectivity index (χ4n) is 2.08. The van der Waals surface area contributed by atoms with Gasteiger partial charge in [0.1, 0.15) is 11.5 Å². The van der Waals surface area contributed by atoms with Crippen molar-refractivity contribution in [3.8, 4) is 11.5 Å². The second kappa shape index (κ2) is 8.08. The molecule has 146 valence electrons. The average molecular weight is 390 g/mol. The van der Waals surface area contributed by atoms with Crippen LogP contribution < -0.4 is 9.47 Å². The van der Waals surface area contributed by atoms with Gasteiger partial charge < -0.3 is 29.9 Å². The summed E-state index contributed by atoms with van der Waals surface area (Å²) in [6, 6.07) is 9.35. The van der Waals surface area contributed by atoms with Crippen molar-refractivity contribution >= 4 is 23.9 Å². The van der Waals surface area contributed by atoms with Crippen LogP contribution in [0.15, 0.2) is 48.5 Å². The highest BCUT2D eigenvalue weighted by atomic mass is 16.6. The summed E-state index contributed by atoms with van der Waals surface area (Å²) in [5, 5.41) is 36.6. The summed E-state index contributed by atoms with van der Waals surface area (Å²) in [5.41, 5.74) is -2.96. The number of carboxylic acid groups (broad SMARTS) is 4. The summed E-state index contributed by atoms with van der Waals surface area (Å²) >= 11 is 0. The van der Waals surface area contributed by atoms with Gasteiger partial charge in [-0.1, -0.05) is 0 Å². The summed E-state index contributed by atoms with van der Waals surface area (Å²) < 4.78 is 10.3. The monoisotopic (exact) mass is 390 g/mol. The van der Waals surface area contributed by atoms with Crippen molar-refractivity contribution in [1.82, 2.24) is 0 Å². The molecule has 0 fully saturated rings. The Bertz CT molecular complexity index is 885. The highest BCUT2D eigenvalue weighted by molar-refractivity contribution is 6.02. The molecule has 0 aromatic heterocycles. The van der Waals surface area contributed by atoms with Crippen molar-refractivity contribution < 1.29 is 49.1 Å². The van der Waals surface area contributed by atoms with Gasteiger partial charge in [-0.3, -0.25) is 0 Å². The number of benzene rings is 2. The molecular weight excluding hydrogens is 376 g/mol. The van der Waals surface area contributed by atoms with Crippen molar-refractivity contribution in [2.24, 2.45) is 0 Å². The van der Waals surface area contributed by atoms with Gasteiger partial charge in [-0.15, -0.1) is 0 Å². The summed E-state index contributed by atoms with van der Waals surface area (Å²) in [5.74, 6) is -6.25. The predicted molar refractivity (Wildman–Crippen MR) is 90.9 cm³/mol. The molecule has 10 heteroatoms. The van der Waals surface area contributed by atoms with E-state index in [1.165, 1.54) is 24.3 Å². The highest BCUT2D eigenvalue weighted by Crippen LogP contribution is 2.23. The standard InChI is InChI=1S/C18H14O10/c19-14(20)10-1-5-12(6-2-10)27-9-18(16(23)24,17(25)26)28-13-7-3-11(4-8-13)15(21)22/h1-8H,9H2,(H,19,20)(H,21,22)(H,23,24)(H,25,26). The maximum Gasteiger partial charge on any atom is 0.363 e. The molecule has 0 heterocycles. The van der Waals surface area contributed by atoms with Gasteiger partial charge >= 0.3 is 29.5 Å². The molecule has 0 atom stereocenters. The van der Waals surface area contributed by atoms with Gasteiger partial charge in [0.05, 0.1) is 11.1 Å². The number of hydrogen-bond acceptors (Lipinski definition) is 6. The smallest absolute Gasteiger partial charge is 0.363 e. The molecular formula is C18H14O10. The summed E-state index contributed by atoms with van der Waals surface area (Å²) in [4.78, 5) is 45.0. The Morgan fingerprint density at radius 2 is 1.07 bits per heavy atom. The van der Waals surface area contributed by atoms with E-state index in [4.69, 9.17) is 19.7 Å². The minimum Gasteiger partial charge on any atom is -0.488 e. The Morgan fingerprint density at radius 3 is 1.43 bits per heavy atom. The molecule has 0 aliphatic rings.